The van der Waals surface area contributed by atoms with Crippen LogP contribution >= 0.6 is 11.6 Å². The van der Waals surface area contributed by atoms with Crippen molar-refractivity contribution in [2.24, 2.45) is 5.92 Å². The van der Waals surface area contributed by atoms with Crippen LogP contribution in [0.4, 0.5) is 5.69 Å². The average molecular weight is 312 g/mol. The Hall–Kier alpha value is -1.59. The van der Waals surface area contributed by atoms with Crippen molar-refractivity contribution >= 4 is 29.2 Å². The van der Waals surface area contributed by atoms with Gasteiger partial charge in [0.15, 0.2) is 0 Å². The number of hydrogen-bond acceptors (Lipinski definition) is 3. The molecular weight excluding hydrogens is 294 g/mol. The monoisotopic (exact) mass is 311 g/mol. The Bertz CT molecular complexity index is 540. The Labute approximate surface area is 128 Å². The smallest absolute Gasteiger partial charge is 0.309 e. The fourth-order valence-electron chi connectivity index (χ4n) is 2.44. The highest BCUT2D eigenvalue weighted by Gasteiger charge is 2.33. The minimum Gasteiger partial charge on any atom is -0.481 e. The summed E-state index contributed by atoms with van der Waals surface area (Å²) in [5.41, 5.74) is 1.36. The van der Waals surface area contributed by atoms with Crippen LogP contribution < -0.4 is 5.32 Å². The van der Waals surface area contributed by atoms with Crippen LogP contribution in [0.1, 0.15) is 24.8 Å². The molecule has 0 aliphatic carbocycles. The fourth-order valence-corrected chi connectivity index (χ4v) is 2.62. The second-order valence-corrected chi connectivity index (χ2v) is 5.57. The number of nitrogens with one attached hydrogen (secondary N) is 1. The van der Waals surface area contributed by atoms with E-state index in [1.165, 1.54) is 0 Å². The van der Waals surface area contributed by atoms with Crippen molar-refractivity contribution in [3.05, 3.63) is 28.8 Å². The molecule has 1 aromatic carbocycles. The zero-order valence-electron chi connectivity index (χ0n) is 11.8. The molecule has 2 N–H and O–H groups in total. The number of amides is 1. The van der Waals surface area contributed by atoms with Crippen LogP contribution in [0.15, 0.2) is 18.2 Å². The van der Waals surface area contributed by atoms with E-state index in [1.807, 2.05) is 0 Å². The van der Waals surface area contributed by atoms with Gasteiger partial charge in [0, 0.05) is 23.7 Å². The predicted octanol–water partition coefficient (Wildman–Crippen LogP) is 2.86. The first kappa shape index (κ1) is 15.8. The Morgan fingerprint density at radius 1 is 1.52 bits per heavy atom. The maximum absolute atomic E-state index is 12.1. The molecular formula is C15H18ClNO4. The number of halogens is 1. The van der Waals surface area contributed by atoms with Crippen molar-refractivity contribution in [1.82, 2.24) is 0 Å². The van der Waals surface area contributed by atoms with E-state index in [1.54, 1.807) is 25.1 Å². The van der Waals surface area contributed by atoms with Crippen LogP contribution in [0.5, 0.6) is 0 Å². The third kappa shape index (κ3) is 3.95. The Balaban J connectivity index is 2.02. The van der Waals surface area contributed by atoms with Gasteiger partial charge in [0.05, 0.1) is 12.0 Å². The molecule has 2 rings (SSSR count). The first-order valence-electron chi connectivity index (χ1n) is 6.88. The van der Waals surface area contributed by atoms with Gasteiger partial charge in [-0.2, -0.15) is 0 Å². The van der Waals surface area contributed by atoms with Crippen molar-refractivity contribution in [2.45, 2.75) is 32.3 Å². The molecule has 0 aromatic heterocycles. The number of aliphatic carboxylic acids is 1. The minimum atomic E-state index is -1.00. The molecule has 1 aliphatic heterocycles. The van der Waals surface area contributed by atoms with Crippen LogP contribution in [0.25, 0.3) is 0 Å². The first-order chi connectivity index (χ1) is 9.99. The lowest BCUT2D eigenvalue weighted by atomic mass is 9.96. The summed E-state index contributed by atoms with van der Waals surface area (Å²) in [5.74, 6) is -2.16. The first-order valence-corrected chi connectivity index (χ1v) is 7.26. The van der Waals surface area contributed by atoms with E-state index in [2.05, 4.69) is 5.32 Å². The number of carboxylic acids is 1. The van der Waals surface area contributed by atoms with E-state index in [4.69, 9.17) is 16.3 Å². The van der Waals surface area contributed by atoms with Gasteiger partial charge < -0.3 is 15.2 Å². The Morgan fingerprint density at radius 2 is 2.29 bits per heavy atom. The second kappa shape index (κ2) is 6.91. The standard InChI is InChI=1S/C15H18ClNO4/c1-9-11(16)4-2-5-12(9)17-14(18)8-10(15(19)20)13-6-3-7-21-13/h2,4-5,10,13H,3,6-8H2,1H3,(H,17,18)(H,19,20)/t10-,13-/m1/s1. The molecule has 114 valence electrons. The second-order valence-electron chi connectivity index (χ2n) is 5.16. The van der Waals surface area contributed by atoms with Gasteiger partial charge in [-0.3, -0.25) is 9.59 Å². The van der Waals surface area contributed by atoms with Crippen molar-refractivity contribution in [2.75, 3.05) is 11.9 Å². The summed E-state index contributed by atoms with van der Waals surface area (Å²) in [4.78, 5) is 23.4. The lowest BCUT2D eigenvalue weighted by Gasteiger charge is -2.18. The van der Waals surface area contributed by atoms with E-state index >= 15 is 0 Å². The van der Waals surface area contributed by atoms with Gasteiger partial charge in [-0.1, -0.05) is 17.7 Å². The van der Waals surface area contributed by atoms with E-state index in [-0.39, 0.29) is 18.4 Å². The van der Waals surface area contributed by atoms with Crippen molar-refractivity contribution < 1.29 is 19.4 Å². The van der Waals surface area contributed by atoms with Crippen LogP contribution in [0.2, 0.25) is 5.02 Å². The molecule has 2 atom stereocenters. The number of carbonyl (C=O) groups is 2. The lowest BCUT2D eigenvalue weighted by molar-refractivity contribution is -0.148. The number of anilines is 1. The van der Waals surface area contributed by atoms with E-state index in [9.17, 15) is 14.7 Å². The highest BCUT2D eigenvalue weighted by Crippen LogP contribution is 2.26. The molecule has 1 aromatic rings. The third-order valence-corrected chi connectivity index (χ3v) is 4.09. The molecule has 6 heteroatoms. The zero-order valence-corrected chi connectivity index (χ0v) is 12.5. The Morgan fingerprint density at radius 3 is 2.90 bits per heavy atom. The summed E-state index contributed by atoms with van der Waals surface area (Å²) >= 11 is 5.99. The van der Waals surface area contributed by atoms with Crippen LogP contribution in [-0.2, 0) is 14.3 Å². The molecule has 5 nitrogen and oxygen atoms in total. The normalized spacial score (nSPS) is 19.2. The van der Waals surface area contributed by atoms with Crippen LogP contribution in [0, 0.1) is 12.8 Å². The molecule has 21 heavy (non-hydrogen) atoms. The molecule has 1 aliphatic rings. The summed E-state index contributed by atoms with van der Waals surface area (Å²) in [6.45, 7) is 2.36. The quantitative estimate of drug-likeness (QED) is 0.876. The van der Waals surface area contributed by atoms with Gasteiger partial charge in [0.1, 0.15) is 0 Å². The highest BCUT2D eigenvalue weighted by molar-refractivity contribution is 6.31. The number of benzene rings is 1. The molecule has 0 saturated carbocycles. The average Bonchev–Trinajstić information content (AvgIpc) is 2.95. The molecule has 0 unspecified atom stereocenters. The Kier molecular flexibility index (Phi) is 5.20. The number of carboxylic acid groups (broad SMARTS) is 1. The van der Waals surface area contributed by atoms with E-state index < -0.39 is 11.9 Å². The molecule has 0 bridgehead atoms. The number of carbonyl (C=O) groups excluding carboxylic acids is 1. The molecule has 1 fully saturated rings. The van der Waals surface area contributed by atoms with E-state index in [0.29, 0.717) is 23.7 Å². The SMILES string of the molecule is Cc1c(Cl)cccc1NC(=O)C[C@@H](C(=O)O)[C@H]1CCCO1. The summed E-state index contributed by atoms with van der Waals surface area (Å²) in [7, 11) is 0. The van der Waals surface area contributed by atoms with E-state index in [0.717, 1.165) is 12.0 Å². The van der Waals surface area contributed by atoms with Gasteiger partial charge in [-0.15, -0.1) is 0 Å². The summed E-state index contributed by atoms with van der Waals surface area (Å²) in [5, 5.41) is 12.5. The maximum Gasteiger partial charge on any atom is 0.309 e. The minimum absolute atomic E-state index is 0.105. The lowest BCUT2D eigenvalue weighted by Crippen LogP contribution is -2.31. The van der Waals surface area contributed by atoms with Crippen molar-refractivity contribution in [1.29, 1.82) is 0 Å². The van der Waals surface area contributed by atoms with Crippen molar-refractivity contribution in [3.63, 3.8) is 0 Å². The summed E-state index contributed by atoms with van der Waals surface area (Å²) < 4.78 is 5.39. The van der Waals surface area contributed by atoms with Gasteiger partial charge in [-0.25, -0.2) is 0 Å². The topological polar surface area (TPSA) is 75.6 Å². The number of rotatable bonds is 5. The van der Waals surface area contributed by atoms with Gasteiger partial charge >= 0.3 is 5.97 Å². The fraction of sp³-hybridized carbons (Fsp3) is 0.467. The summed E-state index contributed by atoms with van der Waals surface area (Å²) in [6.07, 6.45) is 1.03. The molecule has 1 heterocycles. The van der Waals surface area contributed by atoms with Gasteiger partial charge in [0.2, 0.25) is 5.91 Å². The molecule has 1 amide bonds. The molecule has 1 saturated heterocycles. The van der Waals surface area contributed by atoms with Crippen molar-refractivity contribution in [3.8, 4) is 0 Å². The maximum atomic E-state index is 12.1. The zero-order chi connectivity index (χ0) is 15.4. The predicted molar refractivity (Wildman–Crippen MR) is 79.5 cm³/mol. The third-order valence-electron chi connectivity index (χ3n) is 3.68. The molecule has 0 spiro atoms. The van der Waals surface area contributed by atoms with Gasteiger partial charge in [-0.05, 0) is 37.5 Å². The largest absolute Gasteiger partial charge is 0.481 e. The van der Waals surface area contributed by atoms with Gasteiger partial charge in [0.25, 0.3) is 0 Å². The van der Waals surface area contributed by atoms with Crippen LogP contribution in [-0.4, -0.2) is 29.7 Å². The number of ether oxygens (including phenoxy) is 1. The highest BCUT2D eigenvalue weighted by atomic mass is 35.5. The van der Waals surface area contributed by atoms with Crippen LogP contribution in [0.3, 0.4) is 0 Å². The molecule has 0 radical (unpaired) electrons. The summed E-state index contributed by atoms with van der Waals surface area (Å²) in [6, 6.07) is 5.21. The number of hydrogen-bond donors (Lipinski definition) is 2.